The van der Waals surface area contributed by atoms with Crippen molar-refractivity contribution < 1.29 is 0 Å². The van der Waals surface area contributed by atoms with E-state index >= 15 is 0 Å². The topological polar surface area (TPSA) is 67.1 Å². The molecule has 1 atom stereocenters. The van der Waals surface area contributed by atoms with Crippen LogP contribution < -0.4 is 16.2 Å². The number of thiophene rings is 2. The van der Waals surface area contributed by atoms with Crippen molar-refractivity contribution in [3.05, 3.63) is 33.8 Å². The van der Waals surface area contributed by atoms with Crippen molar-refractivity contribution in [3.63, 3.8) is 0 Å². The Labute approximate surface area is 131 Å². The summed E-state index contributed by atoms with van der Waals surface area (Å²) in [6.07, 6.45) is 0.995. The molecule has 7 heteroatoms. The van der Waals surface area contributed by atoms with Gasteiger partial charge in [-0.25, -0.2) is 10.8 Å². The Kier molecular flexibility index (Phi) is 4.05. The Morgan fingerprint density at radius 2 is 2.14 bits per heavy atom. The number of aromatic nitrogens is 2. The first-order valence-corrected chi connectivity index (χ1v) is 8.42. The first-order chi connectivity index (χ1) is 10.2. The molecule has 0 aromatic carbocycles. The van der Waals surface area contributed by atoms with Gasteiger partial charge in [-0.2, -0.15) is 4.98 Å². The summed E-state index contributed by atoms with van der Waals surface area (Å²) in [7, 11) is 2.07. The zero-order valence-corrected chi connectivity index (χ0v) is 13.5. The number of likely N-dealkylation sites (N-methyl/N-ethyl adjacent to an activating group) is 1. The number of nitrogens with zero attached hydrogens (tertiary/aromatic N) is 3. The van der Waals surface area contributed by atoms with E-state index in [1.807, 2.05) is 5.38 Å². The number of fused-ring (bicyclic) bond motifs is 1. The molecule has 0 aliphatic heterocycles. The molecule has 21 heavy (non-hydrogen) atoms. The van der Waals surface area contributed by atoms with E-state index in [0.29, 0.717) is 12.0 Å². The van der Waals surface area contributed by atoms with Crippen LogP contribution in [0.25, 0.3) is 10.2 Å². The van der Waals surface area contributed by atoms with Gasteiger partial charge in [0, 0.05) is 24.4 Å². The highest BCUT2D eigenvalue weighted by atomic mass is 32.1. The van der Waals surface area contributed by atoms with Gasteiger partial charge in [0.25, 0.3) is 0 Å². The molecule has 0 bridgehead atoms. The highest BCUT2D eigenvalue weighted by molar-refractivity contribution is 7.16. The molecule has 0 saturated heterocycles. The average molecular weight is 319 g/mol. The molecule has 5 nitrogen and oxygen atoms in total. The average Bonchev–Trinajstić information content (AvgIpc) is 3.15. The molecule has 3 aromatic heterocycles. The Bertz CT molecular complexity index is 722. The third-order valence-corrected chi connectivity index (χ3v) is 5.21. The van der Waals surface area contributed by atoms with Crippen molar-refractivity contribution in [2.75, 3.05) is 17.4 Å². The van der Waals surface area contributed by atoms with Gasteiger partial charge in [-0.15, -0.1) is 22.7 Å². The summed E-state index contributed by atoms with van der Waals surface area (Å²) in [6, 6.07) is 6.66. The number of hydrazine groups is 1. The number of rotatable bonds is 5. The van der Waals surface area contributed by atoms with Crippen molar-refractivity contribution >= 4 is 44.7 Å². The van der Waals surface area contributed by atoms with Crippen LogP contribution in [0.3, 0.4) is 0 Å². The molecule has 3 heterocycles. The zero-order valence-electron chi connectivity index (χ0n) is 11.9. The lowest BCUT2D eigenvalue weighted by Crippen LogP contribution is -2.31. The minimum atomic E-state index is 0.340. The van der Waals surface area contributed by atoms with Crippen LogP contribution in [-0.2, 0) is 6.42 Å². The fourth-order valence-corrected chi connectivity index (χ4v) is 3.82. The lowest BCUT2D eigenvalue weighted by Gasteiger charge is -2.26. The molecule has 3 aromatic rings. The van der Waals surface area contributed by atoms with E-state index in [4.69, 9.17) is 5.84 Å². The molecule has 0 saturated carbocycles. The summed E-state index contributed by atoms with van der Waals surface area (Å²) in [4.78, 5) is 13.4. The predicted molar refractivity (Wildman–Crippen MR) is 91.1 cm³/mol. The van der Waals surface area contributed by atoms with Gasteiger partial charge in [0.05, 0.1) is 5.39 Å². The molecule has 0 aliphatic rings. The minimum absolute atomic E-state index is 0.340. The molecular weight excluding hydrogens is 302 g/mol. The second-order valence-corrected chi connectivity index (χ2v) is 6.82. The summed E-state index contributed by atoms with van der Waals surface area (Å²) in [5, 5.41) is 5.21. The molecule has 0 radical (unpaired) electrons. The zero-order chi connectivity index (χ0) is 14.8. The van der Waals surface area contributed by atoms with Crippen molar-refractivity contribution in [2.45, 2.75) is 19.4 Å². The van der Waals surface area contributed by atoms with E-state index in [0.717, 1.165) is 22.5 Å². The van der Waals surface area contributed by atoms with E-state index in [9.17, 15) is 0 Å². The maximum absolute atomic E-state index is 5.48. The van der Waals surface area contributed by atoms with E-state index in [1.165, 1.54) is 4.88 Å². The van der Waals surface area contributed by atoms with Crippen molar-refractivity contribution in [1.82, 2.24) is 9.97 Å². The van der Waals surface area contributed by atoms with Crippen LogP contribution in [0.1, 0.15) is 11.8 Å². The molecule has 110 valence electrons. The SMILES string of the molecule is CC(Cc1cccs1)N(C)c1nc(NN)nc2sccc12. The number of nitrogen functional groups attached to an aromatic ring is 1. The van der Waals surface area contributed by atoms with Gasteiger partial charge in [0.15, 0.2) is 0 Å². The largest absolute Gasteiger partial charge is 0.356 e. The summed E-state index contributed by atoms with van der Waals surface area (Å²) in [5.41, 5.74) is 2.55. The van der Waals surface area contributed by atoms with Crippen molar-refractivity contribution in [3.8, 4) is 0 Å². The van der Waals surface area contributed by atoms with Gasteiger partial charge in [-0.1, -0.05) is 6.07 Å². The maximum Gasteiger partial charge on any atom is 0.240 e. The first-order valence-electron chi connectivity index (χ1n) is 6.66. The normalized spacial score (nSPS) is 12.5. The van der Waals surface area contributed by atoms with Crippen LogP contribution >= 0.6 is 22.7 Å². The van der Waals surface area contributed by atoms with Gasteiger partial charge < -0.3 is 4.90 Å². The highest BCUT2D eigenvalue weighted by Crippen LogP contribution is 2.30. The lowest BCUT2D eigenvalue weighted by atomic mass is 10.2. The number of anilines is 2. The van der Waals surface area contributed by atoms with Gasteiger partial charge in [-0.05, 0) is 29.8 Å². The molecule has 0 spiro atoms. The Morgan fingerprint density at radius 1 is 1.29 bits per heavy atom. The summed E-state index contributed by atoms with van der Waals surface area (Å²) >= 11 is 3.38. The smallest absolute Gasteiger partial charge is 0.240 e. The lowest BCUT2D eigenvalue weighted by molar-refractivity contribution is 0.682. The van der Waals surface area contributed by atoms with Crippen molar-refractivity contribution in [2.24, 2.45) is 5.84 Å². The van der Waals surface area contributed by atoms with Crippen LogP contribution in [0.4, 0.5) is 11.8 Å². The van der Waals surface area contributed by atoms with Crippen LogP contribution in [0.5, 0.6) is 0 Å². The number of hydrogen-bond acceptors (Lipinski definition) is 7. The minimum Gasteiger partial charge on any atom is -0.356 e. The molecule has 0 fully saturated rings. The Hall–Kier alpha value is -1.70. The summed E-state index contributed by atoms with van der Waals surface area (Å²) in [6.45, 7) is 2.20. The molecule has 1 unspecified atom stereocenters. The molecule has 3 N–H and O–H groups in total. The second-order valence-electron chi connectivity index (χ2n) is 4.90. The van der Waals surface area contributed by atoms with E-state index in [-0.39, 0.29) is 0 Å². The third-order valence-electron chi connectivity index (χ3n) is 3.51. The molecular formula is C14H17N5S2. The van der Waals surface area contributed by atoms with Crippen LogP contribution in [0, 0.1) is 0 Å². The molecule has 0 aliphatic carbocycles. The number of nitrogens with two attached hydrogens (primary N) is 1. The molecule has 0 amide bonds. The quantitative estimate of drug-likeness (QED) is 0.559. The van der Waals surface area contributed by atoms with Crippen molar-refractivity contribution in [1.29, 1.82) is 0 Å². The van der Waals surface area contributed by atoms with Gasteiger partial charge in [-0.3, -0.25) is 5.43 Å². The van der Waals surface area contributed by atoms with Gasteiger partial charge in [0.2, 0.25) is 5.95 Å². The molecule has 3 rings (SSSR count). The van der Waals surface area contributed by atoms with Gasteiger partial charge in [0.1, 0.15) is 10.6 Å². The third kappa shape index (κ3) is 2.85. The van der Waals surface area contributed by atoms with E-state index < -0.39 is 0 Å². The highest BCUT2D eigenvalue weighted by Gasteiger charge is 2.17. The van der Waals surface area contributed by atoms with Crippen LogP contribution in [0.15, 0.2) is 29.0 Å². The first kappa shape index (κ1) is 14.2. The summed E-state index contributed by atoms with van der Waals surface area (Å²) < 4.78 is 0. The number of nitrogens with one attached hydrogen (secondary N) is 1. The fourth-order valence-electron chi connectivity index (χ4n) is 2.24. The fraction of sp³-hybridized carbons (Fsp3) is 0.286. The van der Waals surface area contributed by atoms with Crippen LogP contribution in [0.2, 0.25) is 0 Å². The van der Waals surface area contributed by atoms with Gasteiger partial charge >= 0.3 is 0 Å². The number of hydrogen-bond donors (Lipinski definition) is 2. The Balaban J connectivity index is 1.92. The maximum atomic E-state index is 5.48. The second kappa shape index (κ2) is 5.97. The standard InChI is InChI=1S/C14H17N5S2/c1-9(8-10-4-3-6-20-10)19(2)12-11-5-7-21-13(11)17-14(16-12)18-15/h3-7,9H,8,15H2,1-2H3,(H,16,17,18). The Morgan fingerprint density at radius 3 is 2.86 bits per heavy atom. The summed E-state index contributed by atoms with van der Waals surface area (Å²) in [5.74, 6) is 6.85. The predicted octanol–water partition coefficient (Wildman–Crippen LogP) is 3.11. The van der Waals surface area contributed by atoms with E-state index in [1.54, 1.807) is 22.7 Å². The van der Waals surface area contributed by atoms with Crippen LogP contribution in [-0.4, -0.2) is 23.1 Å². The van der Waals surface area contributed by atoms with E-state index in [2.05, 4.69) is 57.8 Å². The monoisotopic (exact) mass is 319 g/mol.